The molecular weight excluding hydrogens is 452 g/mol. The number of benzene rings is 2. The molecule has 0 aliphatic rings. The van der Waals surface area contributed by atoms with Crippen molar-refractivity contribution in [2.45, 2.75) is 26.2 Å². The topological polar surface area (TPSA) is 60.5 Å². The molecule has 0 bridgehead atoms. The fourth-order valence-electron chi connectivity index (χ4n) is 2.64. The second-order valence-electron chi connectivity index (χ2n) is 7.50. The molecule has 1 amide bonds. The number of amides is 1. The number of anilines is 1. The number of hydrogen-bond acceptors (Lipinski definition) is 5. The van der Waals surface area contributed by atoms with Gasteiger partial charge in [-0.3, -0.25) is 10.1 Å². The maximum atomic E-state index is 12.2. The molecule has 3 rings (SSSR count). The lowest BCUT2D eigenvalue weighted by atomic mass is 9.87. The molecule has 0 fully saturated rings. The van der Waals surface area contributed by atoms with Crippen LogP contribution in [0.3, 0.4) is 0 Å². The van der Waals surface area contributed by atoms with E-state index in [0.29, 0.717) is 10.9 Å². The summed E-state index contributed by atoms with van der Waals surface area (Å²) in [6, 6.07) is 13.5. The lowest BCUT2D eigenvalue weighted by Crippen LogP contribution is -2.20. The van der Waals surface area contributed by atoms with Gasteiger partial charge in [-0.2, -0.15) is 0 Å². The average Bonchev–Trinajstić information content (AvgIpc) is 3.14. The Hall–Kier alpha value is -2.38. The van der Waals surface area contributed by atoms with Crippen molar-refractivity contribution in [3.05, 3.63) is 57.9 Å². The highest BCUT2D eigenvalue weighted by Crippen LogP contribution is 2.32. The van der Waals surface area contributed by atoms with Crippen LogP contribution in [0.15, 0.2) is 52.3 Å². The van der Waals surface area contributed by atoms with Crippen molar-refractivity contribution in [1.82, 2.24) is 4.98 Å². The molecule has 0 radical (unpaired) electrons. The van der Waals surface area contributed by atoms with Crippen molar-refractivity contribution in [3.8, 4) is 22.8 Å². The van der Waals surface area contributed by atoms with Crippen molar-refractivity contribution < 1.29 is 14.3 Å². The van der Waals surface area contributed by atoms with E-state index >= 15 is 0 Å². The van der Waals surface area contributed by atoms with Gasteiger partial charge in [-0.15, -0.1) is 11.3 Å². The summed E-state index contributed by atoms with van der Waals surface area (Å²) < 4.78 is 11.7. The van der Waals surface area contributed by atoms with Crippen molar-refractivity contribution in [2.75, 3.05) is 19.0 Å². The highest BCUT2D eigenvalue weighted by molar-refractivity contribution is 9.10. The van der Waals surface area contributed by atoms with Gasteiger partial charge in [-0.25, -0.2) is 4.98 Å². The molecule has 1 aromatic heterocycles. The van der Waals surface area contributed by atoms with Crippen molar-refractivity contribution in [2.24, 2.45) is 0 Å². The van der Waals surface area contributed by atoms with Gasteiger partial charge in [0.05, 0.1) is 17.3 Å². The third-order valence-electron chi connectivity index (χ3n) is 4.29. The summed E-state index contributed by atoms with van der Waals surface area (Å²) in [6.45, 7) is 6.40. The van der Waals surface area contributed by atoms with Gasteiger partial charge >= 0.3 is 0 Å². The molecule has 0 saturated carbocycles. The van der Waals surface area contributed by atoms with Crippen LogP contribution in [0.1, 0.15) is 26.3 Å². The summed E-state index contributed by atoms with van der Waals surface area (Å²) >= 11 is 4.84. The number of hydrogen-bond donors (Lipinski definition) is 1. The Morgan fingerprint density at radius 1 is 1.17 bits per heavy atom. The summed E-state index contributed by atoms with van der Waals surface area (Å²) in [4.78, 5) is 16.7. The minimum Gasteiger partial charge on any atom is -0.496 e. The summed E-state index contributed by atoms with van der Waals surface area (Å²) in [5, 5.41) is 5.21. The van der Waals surface area contributed by atoms with E-state index in [-0.39, 0.29) is 17.9 Å². The van der Waals surface area contributed by atoms with E-state index in [4.69, 9.17) is 9.47 Å². The molecule has 0 aliphatic carbocycles. The highest BCUT2D eigenvalue weighted by atomic mass is 79.9. The van der Waals surface area contributed by atoms with Crippen molar-refractivity contribution in [3.63, 3.8) is 0 Å². The van der Waals surface area contributed by atoms with E-state index in [1.54, 1.807) is 7.11 Å². The maximum absolute atomic E-state index is 12.2. The zero-order valence-electron chi connectivity index (χ0n) is 16.8. The third-order valence-corrected chi connectivity index (χ3v) is 5.67. The SMILES string of the molecule is COc1ccc(-c2csc(NC(=O)COc3ccc(C(C)(C)C)cc3)n2)cc1Br. The fourth-order valence-corrected chi connectivity index (χ4v) is 3.92. The molecule has 0 spiro atoms. The smallest absolute Gasteiger partial charge is 0.264 e. The monoisotopic (exact) mass is 474 g/mol. The maximum Gasteiger partial charge on any atom is 0.264 e. The lowest BCUT2D eigenvalue weighted by molar-refractivity contribution is -0.118. The predicted molar refractivity (Wildman–Crippen MR) is 121 cm³/mol. The Morgan fingerprint density at radius 3 is 2.52 bits per heavy atom. The average molecular weight is 475 g/mol. The Morgan fingerprint density at radius 2 is 1.90 bits per heavy atom. The summed E-state index contributed by atoms with van der Waals surface area (Å²) in [6.07, 6.45) is 0. The highest BCUT2D eigenvalue weighted by Gasteiger charge is 2.14. The first kappa shape index (κ1) is 21.3. The molecule has 3 aromatic rings. The van der Waals surface area contributed by atoms with E-state index in [1.807, 2.05) is 47.8 Å². The molecule has 0 aliphatic heterocycles. The molecular formula is C22H23BrN2O3S. The van der Waals surface area contributed by atoms with Crippen LogP contribution in [0.2, 0.25) is 0 Å². The van der Waals surface area contributed by atoms with Crippen LogP contribution in [-0.2, 0) is 10.2 Å². The summed E-state index contributed by atoms with van der Waals surface area (Å²) in [5.41, 5.74) is 3.02. The van der Waals surface area contributed by atoms with Gasteiger partial charge in [0, 0.05) is 10.9 Å². The predicted octanol–water partition coefficient (Wildman–Crippen LogP) is 5.90. The van der Waals surface area contributed by atoms with Gasteiger partial charge in [-0.1, -0.05) is 32.9 Å². The number of methoxy groups -OCH3 is 1. The number of carbonyl (C=O) groups excluding carboxylic acids is 1. The molecule has 0 unspecified atom stereocenters. The molecule has 29 heavy (non-hydrogen) atoms. The zero-order chi connectivity index (χ0) is 21.0. The van der Waals surface area contributed by atoms with Crippen molar-refractivity contribution >= 4 is 38.3 Å². The van der Waals surface area contributed by atoms with Gasteiger partial charge in [0.25, 0.3) is 5.91 Å². The number of nitrogens with one attached hydrogen (secondary N) is 1. The Balaban J connectivity index is 1.57. The van der Waals surface area contributed by atoms with Crippen molar-refractivity contribution in [1.29, 1.82) is 0 Å². The Labute approximate surface area is 183 Å². The molecule has 2 aromatic carbocycles. The minimum absolute atomic E-state index is 0.0716. The molecule has 1 heterocycles. The van der Waals surface area contributed by atoms with Crippen LogP contribution in [-0.4, -0.2) is 24.6 Å². The van der Waals surface area contributed by atoms with E-state index in [1.165, 1.54) is 16.9 Å². The number of thiazole rings is 1. The van der Waals surface area contributed by atoms with Gasteiger partial charge < -0.3 is 9.47 Å². The fraction of sp³-hybridized carbons (Fsp3) is 0.273. The third kappa shape index (κ3) is 5.58. The van der Waals surface area contributed by atoms with Gasteiger partial charge in [0.2, 0.25) is 0 Å². The Bertz CT molecular complexity index is 994. The van der Waals surface area contributed by atoms with Crippen LogP contribution >= 0.6 is 27.3 Å². The van der Waals surface area contributed by atoms with Crippen LogP contribution in [0, 0.1) is 0 Å². The first-order chi connectivity index (χ1) is 13.8. The number of halogens is 1. The quantitative estimate of drug-likeness (QED) is 0.483. The number of aromatic nitrogens is 1. The van der Waals surface area contributed by atoms with Crippen LogP contribution in [0.25, 0.3) is 11.3 Å². The van der Waals surface area contributed by atoms with Gasteiger partial charge in [0.15, 0.2) is 11.7 Å². The summed E-state index contributed by atoms with van der Waals surface area (Å²) in [5.74, 6) is 1.17. The van der Waals surface area contributed by atoms with Crippen LogP contribution < -0.4 is 14.8 Å². The minimum atomic E-state index is -0.248. The first-order valence-corrected chi connectivity index (χ1v) is 10.8. The number of rotatable bonds is 6. The lowest BCUT2D eigenvalue weighted by Gasteiger charge is -2.19. The largest absolute Gasteiger partial charge is 0.496 e. The second kappa shape index (κ2) is 8.97. The number of ether oxygens (including phenoxy) is 2. The second-order valence-corrected chi connectivity index (χ2v) is 9.21. The zero-order valence-corrected chi connectivity index (χ0v) is 19.2. The normalized spacial score (nSPS) is 11.2. The van der Waals surface area contributed by atoms with Gasteiger partial charge in [0.1, 0.15) is 11.5 Å². The Kier molecular flexibility index (Phi) is 6.59. The van der Waals surface area contributed by atoms with Crippen LogP contribution in [0.4, 0.5) is 5.13 Å². The van der Waals surface area contributed by atoms with Crippen LogP contribution in [0.5, 0.6) is 11.5 Å². The van der Waals surface area contributed by atoms with E-state index in [2.05, 4.69) is 47.0 Å². The molecule has 5 nitrogen and oxygen atoms in total. The van der Waals surface area contributed by atoms with Gasteiger partial charge in [-0.05, 0) is 57.2 Å². The summed E-state index contributed by atoms with van der Waals surface area (Å²) in [7, 11) is 1.62. The van der Waals surface area contributed by atoms with E-state index in [0.717, 1.165) is 21.5 Å². The number of carbonyl (C=O) groups is 1. The van der Waals surface area contributed by atoms with E-state index < -0.39 is 0 Å². The first-order valence-electron chi connectivity index (χ1n) is 9.09. The molecule has 0 atom stereocenters. The molecule has 0 saturated heterocycles. The standard InChI is InChI=1S/C22H23BrN2O3S/c1-22(2,3)15-6-8-16(9-7-15)28-12-20(26)25-21-24-18(13-29-21)14-5-10-19(27-4)17(23)11-14/h5-11,13H,12H2,1-4H3,(H,24,25,26). The molecule has 7 heteroatoms. The number of nitrogens with zero attached hydrogens (tertiary/aromatic N) is 1. The molecule has 1 N–H and O–H groups in total. The van der Waals surface area contributed by atoms with E-state index in [9.17, 15) is 4.79 Å². The molecule has 152 valence electrons.